The molecule has 36 heavy (non-hydrogen) atoms. The summed E-state index contributed by atoms with van der Waals surface area (Å²) in [5, 5.41) is 4.29. The molecule has 6 heteroatoms. The van der Waals surface area contributed by atoms with E-state index in [-0.39, 0.29) is 12.1 Å². The van der Waals surface area contributed by atoms with Crippen molar-refractivity contribution < 1.29 is 0 Å². The van der Waals surface area contributed by atoms with Crippen molar-refractivity contribution in [3.8, 4) is 5.69 Å². The van der Waals surface area contributed by atoms with Crippen molar-refractivity contribution in [1.29, 1.82) is 0 Å². The minimum Gasteiger partial charge on any atom is -0.372 e. The molecule has 0 bridgehead atoms. The van der Waals surface area contributed by atoms with E-state index in [9.17, 15) is 0 Å². The maximum Gasteiger partial charge on any atom is 0.174 e. The predicted octanol–water partition coefficient (Wildman–Crippen LogP) is 6.51. The first-order valence-electron chi connectivity index (χ1n) is 12.6. The zero-order valence-electron chi connectivity index (χ0n) is 21.3. The lowest BCUT2D eigenvalue weighted by molar-refractivity contribution is 0.565. The van der Waals surface area contributed by atoms with Crippen molar-refractivity contribution >= 4 is 28.7 Å². The molecule has 1 saturated heterocycles. The van der Waals surface area contributed by atoms with Crippen LogP contribution in [0.3, 0.4) is 0 Å². The van der Waals surface area contributed by atoms with Gasteiger partial charge in [0, 0.05) is 47.7 Å². The lowest BCUT2D eigenvalue weighted by atomic mass is 9.96. The first-order valence-corrected chi connectivity index (χ1v) is 13.0. The Bertz CT molecular complexity index is 1330. The summed E-state index contributed by atoms with van der Waals surface area (Å²) >= 11 is 5.89. The van der Waals surface area contributed by atoms with Crippen LogP contribution in [0.1, 0.15) is 48.6 Å². The average molecular weight is 496 g/mol. The Morgan fingerprint density at radius 3 is 2.22 bits per heavy atom. The quantitative estimate of drug-likeness (QED) is 0.296. The topological polar surface area (TPSA) is 36.3 Å². The van der Waals surface area contributed by atoms with Crippen LogP contribution in [0.15, 0.2) is 85.1 Å². The number of hydrogen-bond donors (Lipinski definition) is 1. The number of thiocarbonyl (C=S) groups is 1. The van der Waals surface area contributed by atoms with E-state index in [1.165, 1.54) is 28.3 Å². The van der Waals surface area contributed by atoms with Gasteiger partial charge in [-0.3, -0.25) is 4.98 Å². The summed E-state index contributed by atoms with van der Waals surface area (Å²) in [6, 6.07) is 27.6. The van der Waals surface area contributed by atoms with Crippen LogP contribution in [-0.2, 0) is 0 Å². The number of nitrogens with one attached hydrogen (secondary N) is 1. The van der Waals surface area contributed by atoms with Gasteiger partial charge < -0.3 is 19.7 Å². The molecule has 0 unspecified atom stereocenters. The van der Waals surface area contributed by atoms with Crippen LogP contribution in [0.2, 0.25) is 0 Å². The molecule has 5 rings (SSSR count). The van der Waals surface area contributed by atoms with Crippen LogP contribution in [-0.4, -0.2) is 27.8 Å². The van der Waals surface area contributed by atoms with Crippen molar-refractivity contribution in [3.05, 3.63) is 108 Å². The fourth-order valence-corrected chi connectivity index (χ4v) is 5.77. The van der Waals surface area contributed by atoms with E-state index in [1.807, 2.05) is 24.4 Å². The maximum absolute atomic E-state index is 5.89. The molecule has 0 aliphatic carbocycles. The summed E-state index contributed by atoms with van der Waals surface area (Å²) in [5.41, 5.74) is 8.13. The third-order valence-electron chi connectivity index (χ3n) is 7.16. The van der Waals surface area contributed by atoms with E-state index in [0.717, 1.165) is 29.6 Å². The minimum absolute atomic E-state index is 0.0234. The van der Waals surface area contributed by atoms with E-state index < -0.39 is 0 Å². The third-order valence-corrected chi connectivity index (χ3v) is 7.47. The zero-order valence-corrected chi connectivity index (χ0v) is 22.2. The molecule has 2 aromatic heterocycles. The molecule has 0 spiro atoms. The van der Waals surface area contributed by atoms with Crippen LogP contribution < -0.4 is 15.1 Å². The Morgan fingerprint density at radius 1 is 0.889 bits per heavy atom. The van der Waals surface area contributed by atoms with Crippen LogP contribution in [0.4, 0.5) is 11.4 Å². The summed E-state index contributed by atoms with van der Waals surface area (Å²) in [6.45, 7) is 10.8. The number of rotatable bonds is 7. The molecule has 0 amide bonds. The zero-order chi connectivity index (χ0) is 25.2. The summed E-state index contributed by atoms with van der Waals surface area (Å²) in [7, 11) is 0. The van der Waals surface area contributed by atoms with Crippen molar-refractivity contribution in [1.82, 2.24) is 14.9 Å². The van der Waals surface area contributed by atoms with Crippen molar-refractivity contribution in [2.24, 2.45) is 0 Å². The molecule has 5 nitrogen and oxygen atoms in total. The molecule has 1 aliphatic heterocycles. The van der Waals surface area contributed by atoms with E-state index in [2.05, 4.69) is 108 Å². The standard InChI is InChI=1S/C30H33N5S/c1-5-33(6-2)23-15-17-25(18-16-23)34-21(3)20-26(22(34)4)29-28(27-14-10-11-19-31-27)32-30(36)35(29)24-12-8-7-9-13-24/h7-20,28-29H,5-6H2,1-4H3,(H,32,36)/t28-,29-/m1/s1. The molecule has 1 aliphatic rings. The largest absolute Gasteiger partial charge is 0.372 e. The molecule has 1 N–H and O–H groups in total. The van der Waals surface area contributed by atoms with Crippen LogP contribution in [0.5, 0.6) is 0 Å². The number of hydrogen-bond acceptors (Lipinski definition) is 3. The minimum atomic E-state index is -0.0575. The number of pyridine rings is 1. The summed E-state index contributed by atoms with van der Waals surface area (Å²) in [5.74, 6) is 0. The molecule has 0 saturated carbocycles. The van der Waals surface area contributed by atoms with Crippen molar-refractivity contribution in [2.45, 2.75) is 39.8 Å². The Morgan fingerprint density at radius 2 is 1.58 bits per heavy atom. The van der Waals surface area contributed by atoms with Gasteiger partial charge in [-0.1, -0.05) is 24.3 Å². The fraction of sp³-hybridized carbons (Fsp3) is 0.267. The SMILES string of the molecule is CCN(CC)c1ccc(-n2c(C)cc([C@@H]3[C@@H](c4ccccn4)NC(=S)N3c3ccccc3)c2C)cc1. The van der Waals surface area contributed by atoms with Gasteiger partial charge in [0.25, 0.3) is 0 Å². The van der Waals surface area contributed by atoms with Gasteiger partial charge in [-0.25, -0.2) is 0 Å². The fourth-order valence-electron chi connectivity index (χ4n) is 5.42. The molecule has 2 aromatic carbocycles. The molecule has 0 radical (unpaired) electrons. The van der Waals surface area contributed by atoms with Crippen LogP contribution in [0, 0.1) is 13.8 Å². The number of anilines is 2. The molecule has 3 heterocycles. The highest BCUT2D eigenvalue weighted by molar-refractivity contribution is 7.80. The second-order valence-corrected chi connectivity index (χ2v) is 9.57. The van der Waals surface area contributed by atoms with Crippen molar-refractivity contribution in [3.63, 3.8) is 0 Å². The van der Waals surface area contributed by atoms with Gasteiger partial charge >= 0.3 is 0 Å². The van der Waals surface area contributed by atoms with Gasteiger partial charge in [-0.2, -0.15) is 0 Å². The normalized spacial score (nSPS) is 17.3. The molecular weight excluding hydrogens is 462 g/mol. The van der Waals surface area contributed by atoms with Gasteiger partial charge in [-0.05, 0) is 100 Å². The van der Waals surface area contributed by atoms with Gasteiger partial charge in [0.05, 0.1) is 17.8 Å². The second kappa shape index (κ2) is 10.2. The lowest BCUT2D eigenvalue weighted by Crippen LogP contribution is -2.29. The van der Waals surface area contributed by atoms with Gasteiger partial charge in [-0.15, -0.1) is 0 Å². The highest BCUT2D eigenvalue weighted by atomic mass is 32.1. The number of aromatic nitrogens is 2. The summed E-state index contributed by atoms with van der Waals surface area (Å²) < 4.78 is 2.35. The van der Waals surface area contributed by atoms with E-state index in [0.29, 0.717) is 0 Å². The Balaban J connectivity index is 1.60. The van der Waals surface area contributed by atoms with Crippen LogP contribution in [0.25, 0.3) is 5.69 Å². The van der Waals surface area contributed by atoms with Gasteiger partial charge in [0.15, 0.2) is 5.11 Å². The molecular formula is C30H33N5S. The Hall–Kier alpha value is -3.64. The number of benzene rings is 2. The molecule has 1 fully saturated rings. The van der Waals surface area contributed by atoms with Gasteiger partial charge in [0.1, 0.15) is 0 Å². The maximum atomic E-state index is 5.89. The molecule has 2 atom stereocenters. The van der Waals surface area contributed by atoms with E-state index in [1.54, 1.807) is 0 Å². The number of para-hydroxylation sites is 1. The predicted molar refractivity (Wildman–Crippen MR) is 153 cm³/mol. The average Bonchev–Trinajstić information content (AvgIpc) is 3.41. The monoisotopic (exact) mass is 495 g/mol. The highest BCUT2D eigenvalue weighted by Crippen LogP contribution is 2.43. The Labute approximate surface area is 219 Å². The third kappa shape index (κ3) is 4.26. The lowest BCUT2D eigenvalue weighted by Gasteiger charge is -2.28. The Kier molecular flexibility index (Phi) is 6.79. The van der Waals surface area contributed by atoms with E-state index in [4.69, 9.17) is 17.2 Å². The number of aryl methyl sites for hydroxylation is 1. The van der Waals surface area contributed by atoms with Crippen molar-refractivity contribution in [2.75, 3.05) is 22.9 Å². The first kappa shape index (κ1) is 24.1. The van der Waals surface area contributed by atoms with E-state index >= 15 is 0 Å². The summed E-state index contributed by atoms with van der Waals surface area (Å²) in [6.07, 6.45) is 1.85. The molecule has 184 valence electrons. The van der Waals surface area contributed by atoms with Gasteiger partial charge in [0.2, 0.25) is 0 Å². The highest BCUT2D eigenvalue weighted by Gasteiger charge is 2.42. The smallest absolute Gasteiger partial charge is 0.174 e. The summed E-state index contributed by atoms with van der Waals surface area (Å²) in [4.78, 5) is 9.30. The second-order valence-electron chi connectivity index (χ2n) is 9.18. The molecule has 4 aromatic rings. The first-order chi connectivity index (χ1) is 17.5. The number of nitrogens with zero attached hydrogens (tertiary/aromatic N) is 4. The van der Waals surface area contributed by atoms with Crippen LogP contribution >= 0.6 is 12.2 Å².